The number of hydrazine groups is 1. The number of hydrogen-bond donors (Lipinski definition) is 3. The summed E-state index contributed by atoms with van der Waals surface area (Å²) in [6.45, 7) is 9.29. The maximum absolute atomic E-state index is 10.8. The van der Waals surface area contributed by atoms with Gasteiger partial charge in [0.05, 0.1) is 25.1 Å². The number of nitrogens with one attached hydrogen (secondary N) is 1. The summed E-state index contributed by atoms with van der Waals surface area (Å²) in [4.78, 5) is 4.85. The molecule has 0 aliphatic carbocycles. The van der Waals surface area contributed by atoms with Crippen LogP contribution in [0.2, 0.25) is 0 Å². The van der Waals surface area contributed by atoms with Gasteiger partial charge in [0, 0.05) is 23.3 Å². The second-order valence-electron chi connectivity index (χ2n) is 8.80. The Bertz CT molecular complexity index is 1300. The first-order chi connectivity index (χ1) is 17.4. The van der Waals surface area contributed by atoms with Gasteiger partial charge in [-0.1, -0.05) is 37.6 Å². The molecule has 0 spiro atoms. The Hall–Kier alpha value is -4.13. The minimum absolute atomic E-state index is 0.0566. The van der Waals surface area contributed by atoms with E-state index in [-0.39, 0.29) is 11.5 Å². The van der Waals surface area contributed by atoms with Crippen molar-refractivity contribution in [3.63, 3.8) is 0 Å². The van der Waals surface area contributed by atoms with E-state index in [4.69, 9.17) is 14.5 Å². The van der Waals surface area contributed by atoms with Gasteiger partial charge in [-0.15, -0.1) is 0 Å². The maximum atomic E-state index is 10.8. The van der Waals surface area contributed by atoms with Crippen LogP contribution in [0.5, 0.6) is 23.0 Å². The van der Waals surface area contributed by atoms with Crippen molar-refractivity contribution >= 4 is 17.2 Å². The van der Waals surface area contributed by atoms with Gasteiger partial charge in [0.25, 0.3) is 0 Å². The number of hydrogen-bond acceptors (Lipinski definition) is 7. The topological polar surface area (TPSA) is 86.6 Å². The average molecular weight is 488 g/mol. The number of rotatable bonds is 9. The number of amidine groups is 1. The summed E-state index contributed by atoms with van der Waals surface area (Å²) in [7, 11) is 0. The fraction of sp³-hybridized carbons (Fsp3) is 0.276. The van der Waals surface area contributed by atoms with Crippen molar-refractivity contribution in [1.29, 1.82) is 0 Å². The number of aromatic hydroxyl groups is 2. The number of phenolic OH excluding ortho intramolecular Hbond substituents is 2. The molecule has 3 N–H and O–H groups in total. The van der Waals surface area contributed by atoms with Crippen LogP contribution >= 0.6 is 0 Å². The quantitative estimate of drug-likeness (QED) is 0.340. The molecule has 1 heterocycles. The lowest BCUT2D eigenvalue weighted by Crippen LogP contribution is -2.42. The van der Waals surface area contributed by atoms with Crippen LogP contribution < -0.4 is 19.9 Å². The first-order valence-corrected chi connectivity index (χ1v) is 12.3. The van der Waals surface area contributed by atoms with E-state index in [1.54, 1.807) is 35.5 Å². The van der Waals surface area contributed by atoms with E-state index in [0.29, 0.717) is 47.5 Å². The summed E-state index contributed by atoms with van der Waals surface area (Å²) < 4.78 is 11.3. The van der Waals surface area contributed by atoms with Crippen LogP contribution in [-0.2, 0) is 0 Å². The molecule has 0 amide bonds. The Morgan fingerprint density at radius 3 is 2.06 bits per heavy atom. The molecule has 0 aromatic heterocycles. The molecule has 7 heteroatoms. The van der Waals surface area contributed by atoms with Crippen LogP contribution in [0.4, 0.5) is 5.69 Å². The molecular weight excluding hydrogens is 454 g/mol. The first kappa shape index (κ1) is 25.0. The zero-order valence-corrected chi connectivity index (χ0v) is 21.2. The van der Waals surface area contributed by atoms with Crippen molar-refractivity contribution in [2.75, 3.05) is 18.2 Å². The minimum Gasteiger partial charge on any atom is -0.507 e. The van der Waals surface area contributed by atoms with Crippen LogP contribution in [0.3, 0.4) is 0 Å². The maximum Gasteiger partial charge on any atom is 0.153 e. The molecule has 36 heavy (non-hydrogen) atoms. The normalized spacial score (nSPS) is 13.1. The van der Waals surface area contributed by atoms with Gasteiger partial charge in [0.15, 0.2) is 5.84 Å². The molecule has 1 aliphatic rings. The number of anilines is 1. The van der Waals surface area contributed by atoms with E-state index in [9.17, 15) is 10.2 Å². The molecule has 0 atom stereocenters. The highest BCUT2D eigenvalue weighted by Gasteiger charge is 2.22. The SMILES string of the molecule is CCCOc1ccc(C2=CN(c3ccc(OCCC)cc3O)NC(c3ccc(C)cc3C)=N2)c(O)c1. The molecular formula is C29H33N3O4. The summed E-state index contributed by atoms with van der Waals surface area (Å²) in [5.41, 5.74) is 8.05. The third kappa shape index (κ3) is 5.57. The molecule has 0 fully saturated rings. The smallest absolute Gasteiger partial charge is 0.153 e. The average Bonchev–Trinajstić information content (AvgIpc) is 2.86. The van der Waals surface area contributed by atoms with Crippen molar-refractivity contribution in [3.05, 3.63) is 83.1 Å². The number of aryl methyl sites for hydroxylation is 2. The van der Waals surface area contributed by atoms with Gasteiger partial charge in [-0.25, -0.2) is 4.99 Å². The van der Waals surface area contributed by atoms with Crippen molar-refractivity contribution in [2.24, 2.45) is 4.99 Å². The fourth-order valence-electron chi connectivity index (χ4n) is 3.96. The van der Waals surface area contributed by atoms with Crippen molar-refractivity contribution in [1.82, 2.24) is 5.43 Å². The lowest BCUT2D eigenvalue weighted by Gasteiger charge is -2.29. The zero-order chi connectivity index (χ0) is 25.7. The Morgan fingerprint density at radius 1 is 0.806 bits per heavy atom. The molecule has 7 nitrogen and oxygen atoms in total. The minimum atomic E-state index is 0.0566. The molecule has 3 aromatic carbocycles. The largest absolute Gasteiger partial charge is 0.507 e. The monoisotopic (exact) mass is 487 g/mol. The van der Waals surface area contributed by atoms with Gasteiger partial charge in [-0.05, 0) is 56.5 Å². The summed E-state index contributed by atoms with van der Waals surface area (Å²) in [6.07, 6.45) is 3.50. The predicted molar refractivity (Wildman–Crippen MR) is 144 cm³/mol. The van der Waals surface area contributed by atoms with Crippen LogP contribution in [0, 0.1) is 13.8 Å². The van der Waals surface area contributed by atoms with E-state index in [1.165, 1.54) is 0 Å². The third-order valence-corrected chi connectivity index (χ3v) is 5.74. The highest BCUT2D eigenvalue weighted by molar-refractivity contribution is 6.05. The molecule has 0 unspecified atom stereocenters. The molecule has 188 valence electrons. The Kier molecular flexibility index (Phi) is 7.68. The summed E-state index contributed by atoms with van der Waals surface area (Å²) in [6, 6.07) is 16.6. The second-order valence-corrected chi connectivity index (χ2v) is 8.80. The molecule has 4 rings (SSSR count). The van der Waals surface area contributed by atoms with Crippen molar-refractivity contribution in [3.8, 4) is 23.0 Å². The van der Waals surface area contributed by atoms with Crippen molar-refractivity contribution in [2.45, 2.75) is 40.5 Å². The number of nitrogens with zero attached hydrogens (tertiary/aromatic N) is 2. The Labute approximate surface area is 212 Å². The summed E-state index contributed by atoms with van der Waals surface area (Å²) in [5, 5.41) is 23.4. The number of aliphatic imine (C=N–C) groups is 1. The van der Waals surface area contributed by atoms with Gasteiger partial charge in [-0.3, -0.25) is 10.4 Å². The van der Waals surface area contributed by atoms with Crippen LogP contribution in [0.25, 0.3) is 5.70 Å². The van der Waals surface area contributed by atoms with E-state index in [0.717, 1.165) is 29.5 Å². The Balaban J connectivity index is 1.76. The fourth-order valence-corrected chi connectivity index (χ4v) is 3.96. The van der Waals surface area contributed by atoms with Crippen molar-refractivity contribution < 1.29 is 19.7 Å². The summed E-state index contributed by atoms with van der Waals surface area (Å²) >= 11 is 0. The molecule has 0 radical (unpaired) electrons. The van der Waals surface area contributed by atoms with Gasteiger partial charge >= 0.3 is 0 Å². The first-order valence-electron chi connectivity index (χ1n) is 12.3. The highest BCUT2D eigenvalue weighted by atomic mass is 16.5. The second kappa shape index (κ2) is 11.1. The van der Waals surface area contributed by atoms with E-state index < -0.39 is 0 Å². The van der Waals surface area contributed by atoms with E-state index in [2.05, 4.69) is 11.5 Å². The number of ether oxygens (including phenoxy) is 2. The zero-order valence-electron chi connectivity index (χ0n) is 21.2. The standard InChI is InChI=1S/C29H33N3O4/c1-5-13-35-21-8-11-24(27(33)16-21)25-18-32(26-12-9-22(17-28(26)34)36-14-6-2)31-29(30-25)23-10-7-19(3)15-20(23)4/h7-12,15-18,33-34H,5-6,13-14H2,1-4H3,(H,30,31). The molecule has 0 bridgehead atoms. The third-order valence-electron chi connectivity index (χ3n) is 5.74. The van der Waals surface area contributed by atoms with Gasteiger partial charge in [-0.2, -0.15) is 0 Å². The van der Waals surface area contributed by atoms with Crippen LogP contribution in [0.15, 0.2) is 65.8 Å². The van der Waals surface area contributed by atoms with E-state index in [1.807, 2.05) is 52.0 Å². The van der Waals surface area contributed by atoms with Crippen LogP contribution in [0.1, 0.15) is 48.9 Å². The van der Waals surface area contributed by atoms with Gasteiger partial charge in [0.1, 0.15) is 28.7 Å². The number of phenols is 2. The Morgan fingerprint density at radius 2 is 1.44 bits per heavy atom. The number of benzene rings is 3. The lowest BCUT2D eigenvalue weighted by atomic mass is 10.0. The van der Waals surface area contributed by atoms with Gasteiger partial charge in [0.2, 0.25) is 0 Å². The molecule has 3 aromatic rings. The molecule has 0 saturated carbocycles. The van der Waals surface area contributed by atoms with E-state index >= 15 is 0 Å². The van der Waals surface area contributed by atoms with Crippen LogP contribution in [-0.4, -0.2) is 29.3 Å². The lowest BCUT2D eigenvalue weighted by molar-refractivity contribution is 0.315. The highest BCUT2D eigenvalue weighted by Crippen LogP contribution is 2.36. The molecule has 1 aliphatic heterocycles. The van der Waals surface area contributed by atoms with Gasteiger partial charge < -0.3 is 19.7 Å². The predicted octanol–water partition coefficient (Wildman–Crippen LogP) is 6.06. The molecule has 0 saturated heterocycles. The summed E-state index contributed by atoms with van der Waals surface area (Å²) in [5.74, 6) is 1.92.